The van der Waals surface area contributed by atoms with E-state index in [0.29, 0.717) is 12.1 Å². The van der Waals surface area contributed by atoms with Crippen molar-refractivity contribution in [2.24, 2.45) is 0 Å². The molecule has 3 rings (SSSR count). The highest BCUT2D eigenvalue weighted by atomic mass is 16.5. The van der Waals surface area contributed by atoms with E-state index in [0.717, 1.165) is 37.5 Å². The molecule has 0 spiro atoms. The number of carbonyl (C=O) groups excluding carboxylic acids is 3. The molecule has 0 aliphatic carbocycles. The minimum Gasteiger partial charge on any atom is -0.478 e. The van der Waals surface area contributed by atoms with Gasteiger partial charge >= 0.3 is 17.9 Å². The van der Waals surface area contributed by atoms with E-state index in [1.807, 2.05) is 0 Å². The third-order valence-corrected chi connectivity index (χ3v) is 9.18. The van der Waals surface area contributed by atoms with Gasteiger partial charge in [-0.3, -0.25) is 14.4 Å². The lowest BCUT2D eigenvalue weighted by Gasteiger charge is -2.13. The standard InChI is InChI=1S/C43H53NO10/c1-2-3-4-5-6-7-8-9-10-11-12-13-14-15-16-17-40(47)44-35-21-18-30(19-22-35)38(46)29-36(45)26-32-24-31(41(48)49)20-23-39(32)54-37-27-33(42(50)51)25-34(28-37)43(52)53/h18-25,27-28H,2-17,26,29H2,1H3,(H,44,47)(H,48,49)(H,50,51)(H,52,53). The monoisotopic (exact) mass is 743 g/mol. The summed E-state index contributed by atoms with van der Waals surface area (Å²) in [5.41, 5.74) is 0.0548. The molecule has 0 bridgehead atoms. The maximum Gasteiger partial charge on any atom is 0.335 e. The molecule has 0 saturated heterocycles. The Labute approximate surface area is 317 Å². The van der Waals surface area contributed by atoms with Crippen molar-refractivity contribution in [3.8, 4) is 11.5 Å². The van der Waals surface area contributed by atoms with Gasteiger partial charge in [-0.1, -0.05) is 96.8 Å². The Kier molecular flexibility index (Phi) is 18.6. The van der Waals surface area contributed by atoms with Crippen molar-refractivity contribution in [1.29, 1.82) is 0 Å². The van der Waals surface area contributed by atoms with Crippen LogP contribution >= 0.6 is 0 Å². The van der Waals surface area contributed by atoms with Crippen molar-refractivity contribution in [2.45, 2.75) is 122 Å². The molecule has 0 radical (unpaired) electrons. The number of aromatic carboxylic acids is 3. The molecule has 0 fully saturated rings. The Balaban J connectivity index is 1.42. The molecule has 1 amide bonds. The molecule has 11 nitrogen and oxygen atoms in total. The second kappa shape index (κ2) is 23.4. The summed E-state index contributed by atoms with van der Waals surface area (Å²) in [7, 11) is 0. The van der Waals surface area contributed by atoms with Crippen molar-refractivity contribution < 1.29 is 48.8 Å². The van der Waals surface area contributed by atoms with Gasteiger partial charge in [0.2, 0.25) is 5.91 Å². The van der Waals surface area contributed by atoms with Gasteiger partial charge < -0.3 is 25.4 Å². The third-order valence-electron chi connectivity index (χ3n) is 9.18. The lowest BCUT2D eigenvalue weighted by atomic mass is 9.99. The number of unbranched alkanes of at least 4 members (excludes halogenated alkanes) is 14. The molecule has 4 N–H and O–H groups in total. The fourth-order valence-corrected chi connectivity index (χ4v) is 6.16. The molecular weight excluding hydrogens is 690 g/mol. The van der Waals surface area contributed by atoms with Gasteiger partial charge in [-0.05, 0) is 67.1 Å². The Morgan fingerprint density at radius 3 is 1.54 bits per heavy atom. The topological polar surface area (TPSA) is 184 Å². The molecular formula is C43H53NO10. The van der Waals surface area contributed by atoms with Crippen molar-refractivity contribution in [2.75, 3.05) is 5.32 Å². The number of Topliss-reactive ketones (excluding diaryl/α,β-unsaturated/α-hetero) is 2. The second-order valence-corrected chi connectivity index (χ2v) is 13.7. The number of anilines is 1. The third kappa shape index (κ3) is 15.7. The average molecular weight is 744 g/mol. The number of carboxylic acids is 3. The molecule has 54 heavy (non-hydrogen) atoms. The van der Waals surface area contributed by atoms with Gasteiger partial charge in [0.1, 0.15) is 17.3 Å². The number of nitrogens with one attached hydrogen (secondary N) is 1. The molecule has 3 aromatic rings. The Hall–Kier alpha value is -5.32. The molecule has 0 saturated carbocycles. The van der Waals surface area contributed by atoms with Crippen LogP contribution in [-0.4, -0.2) is 50.7 Å². The first-order valence-electron chi connectivity index (χ1n) is 19.1. The molecule has 11 heteroatoms. The van der Waals surface area contributed by atoms with Crippen LogP contribution in [0.4, 0.5) is 5.69 Å². The maximum absolute atomic E-state index is 13.0. The summed E-state index contributed by atoms with van der Waals surface area (Å²) in [6, 6.07) is 13.1. The van der Waals surface area contributed by atoms with Gasteiger partial charge in [-0.15, -0.1) is 0 Å². The Morgan fingerprint density at radius 2 is 1.04 bits per heavy atom. The fourth-order valence-electron chi connectivity index (χ4n) is 6.16. The van der Waals surface area contributed by atoms with Crippen LogP contribution in [0, 0.1) is 0 Å². The van der Waals surface area contributed by atoms with Crippen molar-refractivity contribution >= 4 is 41.1 Å². The van der Waals surface area contributed by atoms with Crippen molar-refractivity contribution in [3.63, 3.8) is 0 Å². The van der Waals surface area contributed by atoms with Gasteiger partial charge in [0.15, 0.2) is 5.78 Å². The van der Waals surface area contributed by atoms with Gasteiger partial charge in [-0.25, -0.2) is 14.4 Å². The number of benzene rings is 3. The summed E-state index contributed by atoms with van der Waals surface area (Å²) in [5.74, 6) is -5.32. The summed E-state index contributed by atoms with van der Waals surface area (Å²) in [5, 5.41) is 31.1. The summed E-state index contributed by atoms with van der Waals surface area (Å²) < 4.78 is 5.74. The van der Waals surface area contributed by atoms with Crippen molar-refractivity contribution in [1.82, 2.24) is 0 Å². The number of ketones is 2. The number of carbonyl (C=O) groups is 6. The predicted octanol–water partition coefficient (Wildman–Crippen LogP) is 10.2. The number of carboxylic acid groups (broad SMARTS) is 3. The van der Waals surface area contributed by atoms with E-state index in [1.54, 1.807) is 12.1 Å². The predicted molar refractivity (Wildman–Crippen MR) is 206 cm³/mol. The van der Waals surface area contributed by atoms with Crippen LogP contribution in [0.5, 0.6) is 11.5 Å². The van der Waals surface area contributed by atoms with E-state index in [4.69, 9.17) is 4.74 Å². The van der Waals surface area contributed by atoms with E-state index in [1.165, 1.54) is 107 Å². The molecule has 0 atom stereocenters. The van der Waals surface area contributed by atoms with E-state index < -0.39 is 35.9 Å². The minimum absolute atomic E-state index is 0.0101. The second-order valence-electron chi connectivity index (χ2n) is 13.7. The zero-order valence-corrected chi connectivity index (χ0v) is 31.2. The molecule has 0 aliphatic rings. The van der Waals surface area contributed by atoms with E-state index in [9.17, 15) is 44.1 Å². The van der Waals surface area contributed by atoms with E-state index >= 15 is 0 Å². The lowest BCUT2D eigenvalue weighted by molar-refractivity contribution is -0.118. The quantitative estimate of drug-likeness (QED) is 0.0333. The highest BCUT2D eigenvalue weighted by Crippen LogP contribution is 2.29. The Morgan fingerprint density at radius 1 is 0.556 bits per heavy atom. The van der Waals surface area contributed by atoms with Crippen LogP contribution in [0.3, 0.4) is 0 Å². The molecule has 0 unspecified atom stereocenters. The Bertz CT molecular complexity index is 1700. The number of rotatable bonds is 27. The van der Waals surface area contributed by atoms with Gasteiger partial charge in [0, 0.05) is 29.7 Å². The normalized spacial score (nSPS) is 10.8. The summed E-state index contributed by atoms with van der Waals surface area (Å²) in [4.78, 5) is 73.1. The van der Waals surface area contributed by atoms with Crippen molar-refractivity contribution in [3.05, 3.63) is 88.5 Å². The highest BCUT2D eigenvalue weighted by molar-refractivity contribution is 6.08. The van der Waals surface area contributed by atoms with Crippen LogP contribution in [0.25, 0.3) is 0 Å². The number of hydrogen-bond acceptors (Lipinski definition) is 7. The van der Waals surface area contributed by atoms with Gasteiger partial charge in [0.05, 0.1) is 23.1 Å². The number of hydrogen-bond donors (Lipinski definition) is 4. The van der Waals surface area contributed by atoms with Crippen LogP contribution < -0.4 is 10.1 Å². The number of ether oxygens (including phenoxy) is 1. The summed E-state index contributed by atoms with van der Waals surface area (Å²) in [6.45, 7) is 2.25. The van der Waals surface area contributed by atoms with E-state index in [2.05, 4.69) is 12.2 Å². The van der Waals surface area contributed by atoms with Crippen LogP contribution in [-0.2, 0) is 16.0 Å². The first kappa shape index (κ1) is 43.1. The molecule has 3 aromatic carbocycles. The zero-order valence-electron chi connectivity index (χ0n) is 31.2. The smallest absolute Gasteiger partial charge is 0.335 e. The van der Waals surface area contributed by atoms with Gasteiger partial charge in [0.25, 0.3) is 0 Å². The summed E-state index contributed by atoms with van der Waals surface area (Å²) >= 11 is 0. The lowest BCUT2D eigenvalue weighted by Crippen LogP contribution is -2.13. The first-order valence-corrected chi connectivity index (χ1v) is 19.1. The van der Waals surface area contributed by atoms with E-state index in [-0.39, 0.29) is 51.6 Å². The average Bonchev–Trinajstić information content (AvgIpc) is 3.13. The number of amides is 1. The summed E-state index contributed by atoms with van der Waals surface area (Å²) in [6.07, 6.45) is 18.3. The molecule has 290 valence electrons. The minimum atomic E-state index is -1.39. The fraction of sp³-hybridized carbons (Fsp3) is 0.442. The molecule has 0 heterocycles. The molecule has 0 aromatic heterocycles. The SMILES string of the molecule is CCCCCCCCCCCCCCCCCC(=O)Nc1ccc(C(=O)CC(=O)Cc2cc(C(=O)O)ccc2Oc2cc(C(=O)O)cc(C(=O)O)c2)cc1. The molecule has 0 aliphatic heterocycles. The van der Waals surface area contributed by atoms with Crippen LogP contribution in [0.2, 0.25) is 0 Å². The highest BCUT2D eigenvalue weighted by Gasteiger charge is 2.19. The zero-order chi connectivity index (χ0) is 39.3. The van der Waals surface area contributed by atoms with Crippen LogP contribution in [0.15, 0.2) is 60.7 Å². The van der Waals surface area contributed by atoms with Gasteiger partial charge in [-0.2, -0.15) is 0 Å². The maximum atomic E-state index is 13.0. The largest absolute Gasteiger partial charge is 0.478 e. The first-order chi connectivity index (χ1) is 26.0. The van der Waals surface area contributed by atoms with Crippen LogP contribution in [0.1, 0.15) is 163 Å².